The standard InChI is InChI=1S/C17H33NO4/c1-20-17(21-2,22-3)14-12-10-8-6-4-5-7-9-11-13-15-18-16-19/h4-15H2,1-3H3. The number of ether oxygens (including phenoxy) is 3. The first kappa shape index (κ1) is 21.3. The van der Waals surface area contributed by atoms with Crippen LogP contribution in [-0.2, 0) is 19.0 Å². The van der Waals surface area contributed by atoms with Crippen molar-refractivity contribution in [3.63, 3.8) is 0 Å². The summed E-state index contributed by atoms with van der Waals surface area (Å²) in [5.41, 5.74) is 0. The number of carbonyl (C=O) groups excluding carboxylic acids is 1. The molecule has 0 atom stereocenters. The summed E-state index contributed by atoms with van der Waals surface area (Å²) >= 11 is 0. The average molecular weight is 315 g/mol. The summed E-state index contributed by atoms with van der Waals surface area (Å²) in [4.78, 5) is 13.4. The number of methoxy groups -OCH3 is 3. The molecule has 130 valence electrons. The van der Waals surface area contributed by atoms with Crippen LogP contribution in [0.25, 0.3) is 0 Å². The van der Waals surface area contributed by atoms with Gasteiger partial charge in [-0.05, 0) is 12.8 Å². The maximum absolute atomic E-state index is 9.88. The highest BCUT2D eigenvalue weighted by Gasteiger charge is 2.28. The molecule has 0 aliphatic heterocycles. The van der Waals surface area contributed by atoms with Gasteiger partial charge in [0.15, 0.2) is 0 Å². The number of unbranched alkanes of at least 4 members (excludes halogenated alkanes) is 9. The van der Waals surface area contributed by atoms with E-state index in [9.17, 15) is 4.79 Å². The van der Waals surface area contributed by atoms with Crippen LogP contribution in [0.2, 0.25) is 0 Å². The van der Waals surface area contributed by atoms with Crippen molar-refractivity contribution in [2.24, 2.45) is 4.99 Å². The van der Waals surface area contributed by atoms with Crippen LogP contribution in [0.4, 0.5) is 0 Å². The van der Waals surface area contributed by atoms with Crippen molar-refractivity contribution in [3.8, 4) is 0 Å². The van der Waals surface area contributed by atoms with Gasteiger partial charge in [0.05, 0.1) is 6.54 Å². The first-order valence-electron chi connectivity index (χ1n) is 8.43. The topological polar surface area (TPSA) is 57.1 Å². The molecule has 0 bridgehead atoms. The van der Waals surface area contributed by atoms with Gasteiger partial charge in [-0.2, -0.15) is 0 Å². The van der Waals surface area contributed by atoms with Gasteiger partial charge in [-0.25, -0.2) is 9.79 Å². The minimum Gasteiger partial charge on any atom is -0.331 e. The Bertz CT molecular complexity index is 278. The number of rotatable bonds is 16. The third-order valence-corrected chi connectivity index (χ3v) is 4.00. The number of isocyanates is 1. The molecule has 0 spiro atoms. The lowest BCUT2D eigenvalue weighted by atomic mass is 10.1. The number of hydrogen-bond acceptors (Lipinski definition) is 5. The van der Waals surface area contributed by atoms with Gasteiger partial charge in [-0.3, -0.25) is 0 Å². The van der Waals surface area contributed by atoms with Crippen LogP contribution < -0.4 is 0 Å². The molecule has 0 aliphatic rings. The van der Waals surface area contributed by atoms with Gasteiger partial charge >= 0.3 is 0 Å². The van der Waals surface area contributed by atoms with Gasteiger partial charge in [0.25, 0.3) is 5.97 Å². The Balaban J connectivity index is 3.31. The molecule has 0 aromatic heterocycles. The van der Waals surface area contributed by atoms with E-state index in [4.69, 9.17) is 14.2 Å². The van der Waals surface area contributed by atoms with E-state index in [1.807, 2.05) is 0 Å². The summed E-state index contributed by atoms with van der Waals surface area (Å²) in [5.74, 6) is -0.867. The Kier molecular flexibility index (Phi) is 14.7. The van der Waals surface area contributed by atoms with Gasteiger partial charge in [-0.1, -0.05) is 51.4 Å². The van der Waals surface area contributed by atoms with Crippen molar-refractivity contribution in [2.75, 3.05) is 27.9 Å². The maximum Gasteiger partial charge on any atom is 0.282 e. The van der Waals surface area contributed by atoms with Crippen molar-refractivity contribution in [2.45, 2.75) is 76.6 Å². The fourth-order valence-corrected chi connectivity index (χ4v) is 2.55. The lowest BCUT2D eigenvalue weighted by Gasteiger charge is -2.28. The predicted molar refractivity (Wildman–Crippen MR) is 87.5 cm³/mol. The number of nitrogens with zero attached hydrogens (tertiary/aromatic N) is 1. The summed E-state index contributed by atoms with van der Waals surface area (Å²) in [7, 11) is 4.83. The summed E-state index contributed by atoms with van der Waals surface area (Å²) in [6.07, 6.45) is 14.4. The molecule has 0 aromatic carbocycles. The number of aliphatic imine (C=N–C) groups is 1. The minimum atomic E-state index is -0.867. The lowest BCUT2D eigenvalue weighted by Crippen LogP contribution is -2.35. The fourth-order valence-electron chi connectivity index (χ4n) is 2.55. The van der Waals surface area contributed by atoms with E-state index < -0.39 is 5.97 Å². The van der Waals surface area contributed by atoms with E-state index >= 15 is 0 Å². The van der Waals surface area contributed by atoms with Crippen molar-refractivity contribution < 1.29 is 19.0 Å². The molecule has 0 unspecified atom stereocenters. The minimum absolute atomic E-state index is 0.634. The molecule has 22 heavy (non-hydrogen) atoms. The van der Waals surface area contributed by atoms with Crippen LogP contribution in [0, 0.1) is 0 Å². The Morgan fingerprint density at radius 3 is 1.55 bits per heavy atom. The predicted octanol–water partition coefficient (Wildman–Crippen LogP) is 4.21. The first-order chi connectivity index (χ1) is 10.7. The fraction of sp³-hybridized carbons (Fsp3) is 0.941. The maximum atomic E-state index is 9.88. The van der Waals surface area contributed by atoms with E-state index in [0.29, 0.717) is 6.54 Å². The first-order valence-corrected chi connectivity index (χ1v) is 8.43. The van der Waals surface area contributed by atoms with Crippen LogP contribution in [-0.4, -0.2) is 39.9 Å². The molecule has 5 nitrogen and oxygen atoms in total. The zero-order valence-corrected chi connectivity index (χ0v) is 14.6. The molecule has 0 N–H and O–H groups in total. The molecule has 0 aliphatic carbocycles. The average Bonchev–Trinajstić information content (AvgIpc) is 2.56. The highest BCUT2D eigenvalue weighted by Crippen LogP contribution is 2.21. The van der Waals surface area contributed by atoms with E-state index in [-0.39, 0.29) is 0 Å². The molecule has 0 fully saturated rings. The second-order valence-electron chi connectivity index (χ2n) is 5.55. The van der Waals surface area contributed by atoms with Gasteiger partial charge in [0, 0.05) is 27.8 Å². The van der Waals surface area contributed by atoms with Crippen molar-refractivity contribution in [1.29, 1.82) is 0 Å². The zero-order chi connectivity index (χ0) is 16.5. The van der Waals surface area contributed by atoms with E-state index in [1.165, 1.54) is 44.9 Å². The van der Waals surface area contributed by atoms with Crippen molar-refractivity contribution in [3.05, 3.63) is 0 Å². The van der Waals surface area contributed by atoms with Crippen LogP contribution >= 0.6 is 0 Å². The van der Waals surface area contributed by atoms with Crippen molar-refractivity contribution in [1.82, 2.24) is 0 Å². The van der Waals surface area contributed by atoms with Crippen LogP contribution in [0.3, 0.4) is 0 Å². The summed E-state index contributed by atoms with van der Waals surface area (Å²) in [6.45, 7) is 0.634. The third kappa shape index (κ3) is 10.9. The second-order valence-corrected chi connectivity index (χ2v) is 5.55. The monoisotopic (exact) mass is 315 g/mol. The van der Waals surface area contributed by atoms with Crippen LogP contribution in [0.5, 0.6) is 0 Å². The molecule has 0 saturated heterocycles. The Morgan fingerprint density at radius 2 is 1.14 bits per heavy atom. The normalized spacial score (nSPS) is 11.4. The zero-order valence-electron chi connectivity index (χ0n) is 14.6. The van der Waals surface area contributed by atoms with E-state index in [0.717, 1.165) is 25.7 Å². The largest absolute Gasteiger partial charge is 0.331 e. The van der Waals surface area contributed by atoms with Crippen LogP contribution in [0.15, 0.2) is 4.99 Å². The molecular weight excluding hydrogens is 282 g/mol. The van der Waals surface area contributed by atoms with Gasteiger partial charge in [0.1, 0.15) is 0 Å². The second kappa shape index (κ2) is 15.2. The Morgan fingerprint density at radius 1 is 0.727 bits per heavy atom. The van der Waals surface area contributed by atoms with Gasteiger partial charge in [0.2, 0.25) is 6.08 Å². The molecule has 0 rings (SSSR count). The smallest absolute Gasteiger partial charge is 0.282 e. The molecule has 0 heterocycles. The number of hydrogen-bond donors (Lipinski definition) is 0. The third-order valence-electron chi connectivity index (χ3n) is 4.00. The summed E-state index contributed by atoms with van der Waals surface area (Å²) in [5, 5.41) is 0. The van der Waals surface area contributed by atoms with E-state index in [2.05, 4.69) is 4.99 Å². The summed E-state index contributed by atoms with van der Waals surface area (Å²) < 4.78 is 15.8. The van der Waals surface area contributed by atoms with Gasteiger partial charge < -0.3 is 14.2 Å². The van der Waals surface area contributed by atoms with Crippen molar-refractivity contribution >= 4 is 6.08 Å². The van der Waals surface area contributed by atoms with E-state index in [1.54, 1.807) is 27.4 Å². The molecule has 0 radical (unpaired) electrons. The van der Waals surface area contributed by atoms with Crippen LogP contribution in [0.1, 0.15) is 70.6 Å². The highest BCUT2D eigenvalue weighted by atomic mass is 16.9. The highest BCUT2D eigenvalue weighted by molar-refractivity contribution is 5.32. The lowest BCUT2D eigenvalue weighted by molar-refractivity contribution is -0.355. The molecule has 0 aromatic rings. The SMILES string of the molecule is COC(CCCCCCCCCCCCN=C=O)(OC)OC. The Labute approximate surface area is 135 Å². The Hall–Kier alpha value is -0.740. The van der Waals surface area contributed by atoms with Gasteiger partial charge in [-0.15, -0.1) is 0 Å². The molecule has 0 saturated carbocycles. The summed E-state index contributed by atoms with van der Waals surface area (Å²) in [6, 6.07) is 0. The quantitative estimate of drug-likeness (QED) is 0.185. The molecular formula is C17H33NO4. The molecule has 0 amide bonds. The molecule has 5 heteroatoms.